The van der Waals surface area contributed by atoms with Crippen molar-refractivity contribution in [3.8, 4) is 11.5 Å². The molecule has 2 heterocycles. The minimum atomic E-state index is -0.687. The number of rotatable bonds is 4. The maximum Gasteiger partial charge on any atom is 0.265 e. The van der Waals surface area contributed by atoms with Crippen molar-refractivity contribution in [1.82, 2.24) is 20.1 Å². The SMILES string of the molecule is CCn1cnnc1CNC(=O)[C@H]1Oc2ccccc2O[C@@H]1C. The van der Waals surface area contributed by atoms with E-state index >= 15 is 0 Å². The number of carbonyl (C=O) groups excluding carboxylic acids is 1. The number of benzene rings is 1. The fraction of sp³-hybridized carbons (Fsp3) is 0.400. The van der Waals surface area contributed by atoms with Gasteiger partial charge in [-0.25, -0.2) is 0 Å². The fourth-order valence-corrected chi connectivity index (χ4v) is 2.35. The molecule has 0 radical (unpaired) electrons. The molecule has 7 heteroatoms. The number of aromatic nitrogens is 3. The molecule has 0 bridgehead atoms. The highest BCUT2D eigenvalue weighted by molar-refractivity contribution is 5.82. The third-order valence-corrected chi connectivity index (χ3v) is 3.56. The second-order valence-electron chi connectivity index (χ2n) is 5.06. The number of aryl methyl sites for hydroxylation is 1. The number of fused-ring (bicyclic) bond motifs is 1. The molecular weight excluding hydrogens is 284 g/mol. The first-order valence-electron chi connectivity index (χ1n) is 7.25. The van der Waals surface area contributed by atoms with Crippen LogP contribution in [0.15, 0.2) is 30.6 Å². The minimum Gasteiger partial charge on any atom is -0.482 e. The van der Waals surface area contributed by atoms with Gasteiger partial charge in [0.1, 0.15) is 12.4 Å². The Balaban J connectivity index is 1.65. The summed E-state index contributed by atoms with van der Waals surface area (Å²) in [5, 5.41) is 10.6. The number of hydrogen-bond donors (Lipinski definition) is 1. The van der Waals surface area contributed by atoms with Crippen LogP contribution in [0.25, 0.3) is 0 Å². The van der Waals surface area contributed by atoms with Crippen LogP contribution in [0.2, 0.25) is 0 Å². The normalized spacial score (nSPS) is 19.7. The summed E-state index contributed by atoms with van der Waals surface area (Å²) in [6.45, 7) is 4.87. The van der Waals surface area contributed by atoms with Crippen molar-refractivity contribution >= 4 is 5.91 Å². The number of amides is 1. The zero-order chi connectivity index (χ0) is 15.5. The van der Waals surface area contributed by atoms with Gasteiger partial charge in [0, 0.05) is 6.54 Å². The molecule has 0 unspecified atom stereocenters. The summed E-state index contributed by atoms with van der Waals surface area (Å²) in [6.07, 6.45) is 0.590. The number of ether oxygens (including phenoxy) is 2. The zero-order valence-corrected chi connectivity index (χ0v) is 12.5. The third-order valence-electron chi connectivity index (χ3n) is 3.56. The molecule has 1 N–H and O–H groups in total. The van der Waals surface area contributed by atoms with E-state index in [1.165, 1.54) is 0 Å². The first kappa shape index (κ1) is 14.4. The monoisotopic (exact) mass is 302 g/mol. The molecule has 2 aromatic rings. The van der Waals surface area contributed by atoms with Crippen LogP contribution in [0.5, 0.6) is 11.5 Å². The summed E-state index contributed by atoms with van der Waals surface area (Å²) in [4.78, 5) is 12.3. The Labute approximate surface area is 128 Å². The van der Waals surface area contributed by atoms with Crippen molar-refractivity contribution in [2.45, 2.75) is 39.1 Å². The quantitative estimate of drug-likeness (QED) is 0.916. The Morgan fingerprint density at radius 1 is 1.32 bits per heavy atom. The molecule has 7 nitrogen and oxygen atoms in total. The van der Waals surface area contributed by atoms with Crippen LogP contribution in [0.3, 0.4) is 0 Å². The van der Waals surface area contributed by atoms with Crippen LogP contribution < -0.4 is 14.8 Å². The highest BCUT2D eigenvalue weighted by Gasteiger charge is 2.33. The lowest BCUT2D eigenvalue weighted by atomic mass is 10.1. The van der Waals surface area contributed by atoms with E-state index in [0.29, 0.717) is 23.9 Å². The Morgan fingerprint density at radius 2 is 2.05 bits per heavy atom. The molecular formula is C15H18N4O3. The Morgan fingerprint density at radius 3 is 2.77 bits per heavy atom. The number of nitrogens with one attached hydrogen (secondary N) is 1. The lowest BCUT2D eigenvalue weighted by Crippen LogP contribution is -2.49. The molecule has 2 atom stereocenters. The molecule has 1 aliphatic rings. The van der Waals surface area contributed by atoms with E-state index in [9.17, 15) is 4.79 Å². The molecule has 116 valence electrons. The number of carbonyl (C=O) groups is 1. The number of hydrogen-bond acceptors (Lipinski definition) is 5. The first-order valence-corrected chi connectivity index (χ1v) is 7.25. The Bertz CT molecular complexity index is 670. The third kappa shape index (κ3) is 2.74. The van der Waals surface area contributed by atoms with Crippen LogP contribution in [0.4, 0.5) is 0 Å². The van der Waals surface area contributed by atoms with E-state index in [4.69, 9.17) is 9.47 Å². The molecule has 0 spiro atoms. The van der Waals surface area contributed by atoms with Gasteiger partial charge in [0.15, 0.2) is 17.3 Å². The van der Waals surface area contributed by atoms with E-state index < -0.39 is 6.10 Å². The molecule has 1 aromatic heterocycles. The van der Waals surface area contributed by atoms with Crippen molar-refractivity contribution in [3.05, 3.63) is 36.4 Å². The van der Waals surface area contributed by atoms with Gasteiger partial charge in [-0.05, 0) is 26.0 Å². The van der Waals surface area contributed by atoms with Gasteiger partial charge in [0.05, 0.1) is 6.54 Å². The molecule has 0 aliphatic carbocycles. The van der Waals surface area contributed by atoms with Gasteiger partial charge in [0.25, 0.3) is 5.91 Å². The predicted octanol–water partition coefficient (Wildman–Crippen LogP) is 1.14. The van der Waals surface area contributed by atoms with Crippen molar-refractivity contribution in [3.63, 3.8) is 0 Å². The highest BCUT2D eigenvalue weighted by atomic mass is 16.6. The first-order chi connectivity index (χ1) is 10.7. The summed E-state index contributed by atoms with van der Waals surface area (Å²) in [6, 6.07) is 7.32. The van der Waals surface area contributed by atoms with Gasteiger partial charge in [-0.2, -0.15) is 0 Å². The second kappa shape index (κ2) is 6.05. The van der Waals surface area contributed by atoms with Crippen LogP contribution in [0, 0.1) is 0 Å². The van der Waals surface area contributed by atoms with E-state index in [1.807, 2.05) is 36.6 Å². The average Bonchev–Trinajstić information content (AvgIpc) is 2.99. The van der Waals surface area contributed by atoms with Crippen LogP contribution in [-0.2, 0) is 17.9 Å². The molecule has 1 aliphatic heterocycles. The van der Waals surface area contributed by atoms with Gasteiger partial charge >= 0.3 is 0 Å². The van der Waals surface area contributed by atoms with E-state index in [2.05, 4.69) is 15.5 Å². The standard InChI is InChI=1S/C15H18N4O3/c1-3-19-9-17-18-13(19)8-16-15(20)14-10(2)21-11-6-4-5-7-12(11)22-14/h4-7,9-10,14H,3,8H2,1-2H3,(H,16,20)/t10-,14+/m1/s1. The summed E-state index contributed by atoms with van der Waals surface area (Å²) in [7, 11) is 0. The van der Waals surface area contributed by atoms with Gasteiger partial charge in [0.2, 0.25) is 6.10 Å². The number of para-hydroxylation sites is 2. The molecule has 0 saturated heterocycles. The lowest BCUT2D eigenvalue weighted by molar-refractivity contribution is -0.133. The van der Waals surface area contributed by atoms with Crippen LogP contribution >= 0.6 is 0 Å². The average molecular weight is 302 g/mol. The lowest BCUT2D eigenvalue weighted by Gasteiger charge is -2.30. The number of nitrogens with zero attached hydrogens (tertiary/aromatic N) is 3. The molecule has 0 saturated carbocycles. The van der Waals surface area contributed by atoms with Gasteiger partial charge < -0.3 is 19.4 Å². The summed E-state index contributed by atoms with van der Waals surface area (Å²) >= 11 is 0. The Kier molecular flexibility index (Phi) is 3.95. The van der Waals surface area contributed by atoms with Gasteiger partial charge in [-0.3, -0.25) is 4.79 Å². The second-order valence-corrected chi connectivity index (χ2v) is 5.06. The largest absolute Gasteiger partial charge is 0.482 e. The zero-order valence-electron chi connectivity index (χ0n) is 12.5. The summed E-state index contributed by atoms with van der Waals surface area (Å²) in [5.74, 6) is 1.72. The van der Waals surface area contributed by atoms with Crippen molar-refractivity contribution in [2.24, 2.45) is 0 Å². The smallest absolute Gasteiger partial charge is 0.265 e. The molecule has 1 aromatic carbocycles. The summed E-state index contributed by atoms with van der Waals surface area (Å²) in [5.41, 5.74) is 0. The van der Waals surface area contributed by atoms with Crippen molar-refractivity contribution in [2.75, 3.05) is 0 Å². The Hall–Kier alpha value is -2.57. The predicted molar refractivity (Wildman–Crippen MR) is 78.5 cm³/mol. The fourth-order valence-electron chi connectivity index (χ4n) is 2.35. The summed E-state index contributed by atoms with van der Waals surface area (Å²) < 4.78 is 13.4. The minimum absolute atomic E-state index is 0.229. The van der Waals surface area contributed by atoms with Gasteiger partial charge in [-0.15, -0.1) is 10.2 Å². The van der Waals surface area contributed by atoms with Crippen molar-refractivity contribution < 1.29 is 14.3 Å². The van der Waals surface area contributed by atoms with E-state index in [-0.39, 0.29) is 12.0 Å². The maximum atomic E-state index is 12.3. The van der Waals surface area contributed by atoms with E-state index in [0.717, 1.165) is 6.54 Å². The maximum absolute atomic E-state index is 12.3. The van der Waals surface area contributed by atoms with Crippen molar-refractivity contribution in [1.29, 1.82) is 0 Å². The van der Waals surface area contributed by atoms with Crippen LogP contribution in [0.1, 0.15) is 19.7 Å². The molecule has 1 amide bonds. The van der Waals surface area contributed by atoms with E-state index in [1.54, 1.807) is 12.4 Å². The topological polar surface area (TPSA) is 78.3 Å². The molecule has 3 rings (SSSR count). The molecule has 0 fully saturated rings. The van der Waals surface area contributed by atoms with Crippen LogP contribution in [-0.4, -0.2) is 32.9 Å². The van der Waals surface area contributed by atoms with Gasteiger partial charge in [-0.1, -0.05) is 12.1 Å². The molecule has 22 heavy (non-hydrogen) atoms. The highest BCUT2D eigenvalue weighted by Crippen LogP contribution is 2.33.